The van der Waals surface area contributed by atoms with Gasteiger partial charge in [-0.05, 0) is 25.1 Å². The third-order valence-electron chi connectivity index (χ3n) is 1.86. The molecule has 1 rings (SSSR count). The molecule has 1 atom stereocenters. The molecule has 1 unspecified atom stereocenters. The van der Waals surface area contributed by atoms with Crippen LogP contribution in [0, 0.1) is 5.82 Å². The second kappa shape index (κ2) is 3.79. The number of hydrogen-bond donors (Lipinski definition) is 1. The summed E-state index contributed by atoms with van der Waals surface area (Å²) >= 11 is 5.52. The molecule has 78 valence electrons. The maximum atomic E-state index is 13.3. The normalized spacial score (nSPS) is 14.1. The van der Waals surface area contributed by atoms with Gasteiger partial charge in [-0.3, -0.25) is 0 Å². The highest BCUT2D eigenvalue weighted by Gasteiger charge is 2.38. The molecule has 2 N–H and O–H groups in total. The standard InChI is InChI=1S/C9H9ClF3N/c1-5(14)9(12,13)7-4-6(11)2-3-8(7)10/h2-5H,14H2,1H3. The number of rotatable bonds is 2. The van der Waals surface area contributed by atoms with Crippen molar-refractivity contribution in [3.8, 4) is 0 Å². The predicted octanol–water partition coefficient (Wildman–Crippen LogP) is 2.92. The van der Waals surface area contributed by atoms with Crippen molar-refractivity contribution in [2.45, 2.75) is 18.9 Å². The number of hydrogen-bond acceptors (Lipinski definition) is 1. The highest BCUT2D eigenvalue weighted by atomic mass is 35.5. The monoisotopic (exact) mass is 223 g/mol. The smallest absolute Gasteiger partial charge is 0.289 e. The summed E-state index contributed by atoms with van der Waals surface area (Å²) in [5, 5.41) is -0.186. The van der Waals surface area contributed by atoms with Crippen LogP contribution in [0.5, 0.6) is 0 Å². The van der Waals surface area contributed by atoms with E-state index in [0.29, 0.717) is 6.07 Å². The van der Waals surface area contributed by atoms with E-state index in [2.05, 4.69) is 0 Å². The summed E-state index contributed by atoms with van der Waals surface area (Å²) in [6, 6.07) is 1.39. The van der Waals surface area contributed by atoms with Crippen molar-refractivity contribution in [1.29, 1.82) is 0 Å². The minimum Gasteiger partial charge on any atom is -0.323 e. The molecule has 0 aliphatic heterocycles. The maximum Gasteiger partial charge on any atom is 0.289 e. The molecule has 1 aromatic carbocycles. The molecule has 1 nitrogen and oxygen atoms in total. The van der Waals surface area contributed by atoms with Crippen LogP contribution >= 0.6 is 11.6 Å². The van der Waals surface area contributed by atoms with E-state index in [1.54, 1.807) is 0 Å². The number of halogens is 4. The third kappa shape index (κ3) is 2.01. The molecule has 0 aliphatic rings. The summed E-state index contributed by atoms with van der Waals surface area (Å²) in [4.78, 5) is 0. The van der Waals surface area contributed by atoms with Gasteiger partial charge in [0.25, 0.3) is 5.92 Å². The molecule has 0 aromatic heterocycles. The van der Waals surface area contributed by atoms with Gasteiger partial charge in [-0.2, -0.15) is 8.78 Å². The molecule has 0 fully saturated rings. The number of nitrogens with two attached hydrogens (primary N) is 1. The zero-order valence-corrected chi connectivity index (χ0v) is 8.15. The van der Waals surface area contributed by atoms with E-state index in [-0.39, 0.29) is 5.02 Å². The molecule has 5 heteroatoms. The summed E-state index contributed by atoms with van der Waals surface area (Å²) in [6.45, 7) is 1.14. The van der Waals surface area contributed by atoms with Gasteiger partial charge in [0.1, 0.15) is 5.82 Å². The molecule has 0 aliphatic carbocycles. The molecule has 0 radical (unpaired) electrons. The van der Waals surface area contributed by atoms with Crippen molar-refractivity contribution in [3.05, 3.63) is 34.6 Å². The molecule has 0 spiro atoms. The second-order valence-corrected chi connectivity index (χ2v) is 3.44. The van der Waals surface area contributed by atoms with Crippen LogP contribution < -0.4 is 5.73 Å². The van der Waals surface area contributed by atoms with Gasteiger partial charge in [0, 0.05) is 5.56 Å². The highest BCUT2D eigenvalue weighted by Crippen LogP contribution is 2.35. The maximum absolute atomic E-state index is 13.3. The van der Waals surface area contributed by atoms with E-state index in [0.717, 1.165) is 19.1 Å². The molecule has 0 bridgehead atoms. The van der Waals surface area contributed by atoms with E-state index < -0.39 is 23.3 Å². The fourth-order valence-corrected chi connectivity index (χ4v) is 1.24. The first-order chi connectivity index (χ1) is 6.35. The average Bonchev–Trinajstić information content (AvgIpc) is 2.08. The van der Waals surface area contributed by atoms with Crippen LogP contribution in [0.25, 0.3) is 0 Å². The van der Waals surface area contributed by atoms with Gasteiger partial charge in [0.2, 0.25) is 0 Å². The third-order valence-corrected chi connectivity index (χ3v) is 2.19. The van der Waals surface area contributed by atoms with Gasteiger partial charge in [-0.1, -0.05) is 11.6 Å². The Bertz CT molecular complexity index is 339. The summed E-state index contributed by atoms with van der Waals surface area (Å²) in [5.41, 5.74) is 4.52. The Balaban J connectivity index is 3.24. The average molecular weight is 224 g/mol. The largest absolute Gasteiger partial charge is 0.323 e. The van der Waals surface area contributed by atoms with Gasteiger partial charge in [-0.15, -0.1) is 0 Å². The van der Waals surface area contributed by atoms with Crippen LogP contribution in [0.1, 0.15) is 12.5 Å². The quantitative estimate of drug-likeness (QED) is 0.820. The first-order valence-corrected chi connectivity index (χ1v) is 4.32. The van der Waals surface area contributed by atoms with Gasteiger partial charge >= 0.3 is 0 Å². The first kappa shape index (κ1) is 11.3. The Morgan fingerprint density at radius 1 is 1.43 bits per heavy atom. The van der Waals surface area contributed by atoms with Crippen molar-refractivity contribution in [2.24, 2.45) is 5.73 Å². The van der Waals surface area contributed by atoms with E-state index in [4.69, 9.17) is 17.3 Å². The fraction of sp³-hybridized carbons (Fsp3) is 0.333. The van der Waals surface area contributed by atoms with E-state index >= 15 is 0 Å². The molecule has 0 heterocycles. The number of alkyl halides is 2. The fourth-order valence-electron chi connectivity index (χ4n) is 0.998. The van der Waals surface area contributed by atoms with Crippen molar-refractivity contribution >= 4 is 11.6 Å². The van der Waals surface area contributed by atoms with Gasteiger partial charge in [-0.25, -0.2) is 4.39 Å². The van der Waals surface area contributed by atoms with Crippen molar-refractivity contribution in [2.75, 3.05) is 0 Å². The Labute approximate surface area is 84.7 Å². The van der Waals surface area contributed by atoms with Gasteiger partial charge in [0.15, 0.2) is 0 Å². The lowest BCUT2D eigenvalue weighted by Crippen LogP contribution is -2.36. The Hall–Kier alpha value is -0.740. The minimum atomic E-state index is -3.32. The molecule has 14 heavy (non-hydrogen) atoms. The summed E-state index contributed by atoms with van der Waals surface area (Å²) in [6.07, 6.45) is 0. The zero-order valence-electron chi connectivity index (χ0n) is 7.40. The Kier molecular flexibility index (Phi) is 3.07. The van der Waals surface area contributed by atoms with Crippen molar-refractivity contribution in [1.82, 2.24) is 0 Å². The highest BCUT2D eigenvalue weighted by molar-refractivity contribution is 6.31. The van der Waals surface area contributed by atoms with Crippen molar-refractivity contribution in [3.63, 3.8) is 0 Å². The summed E-state index contributed by atoms with van der Waals surface area (Å²) < 4.78 is 39.4. The lowest BCUT2D eigenvalue weighted by Gasteiger charge is -2.21. The van der Waals surface area contributed by atoms with Crippen LogP contribution in [-0.2, 0) is 5.92 Å². The summed E-state index contributed by atoms with van der Waals surface area (Å²) in [7, 11) is 0. The minimum absolute atomic E-state index is 0.186. The van der Waals surface area contributed by atoms with Crippen LogP contribution in [0.2, 0.25) is 5.02 Å². The number of benzene rings is 1. The summed E-state index contributed by atoms with van der Waals surface area (Å²) in [5.74, 6) is -4.08. The predicted molar refractivity (Wildman–Crippen MR) is 49.0 cm³/mol. The molecular formula is C9H9ClF3N. The molecule has 0 saturated heterocycles. The molecule has 0 saturated carbocycles. The Morgan fingerprint density at radius 2 is 2.00 bits per heavy atom. The lowest BCUT2D eigenvalue weighted by atomic mass is 10.0. The van der Waals surface area contributed by atoms with Gasteiger partial charge < -0.3 is 5.73 Å². The van der Waals surface area contributed by atoms with Crippen molar-refractivity contribution < 1.29 is 13.2 Å². The SMILES string of the molecule is CC(N)C(F)(F)c1cc(F)ccc1Cl. The molecule has 1 aromatic rings. The van der Waals surface area contributed by atoms with Crippen LogP contribution in [-0.4, -0.2) is 6.04 Å². The second-order valence-electron chi connectivity index (χ2n) is 3.04. The van der Waals surface area contributed by atoms with Crippen LogP contribution in [0.4, 0.5) is 13.2 Å². The van der Waals surface area contributed by atoms with Crippen LogP contribution in [0.15, 0.2) is 18.2 Å². The Morgan fingerprint density at radius 3 is 2.50 bits per heavy atom. The van der Waals surface area contributed by atoms with E-state index in [1.165, 1.54) is 0 Å². The molecular weight excluding hydrogens is 215 g/mol. The topological polar surface area (TPSA) is 26.0 Å². The van der Waals surface area contributed by atoms with E-state index in [1.807, 2.05) is 0 Å². The molecule has 0 amide bonds. The van der Waals surface area contributed by atoms with Gasteiger partial charge in [0.05, 0.1) is 11.1 Å². The van der Waals surface area contributed by atoms with Crippen LogP contribution in [0.3, 0.4) is 0 Å². The first-order valence-electron chi connectivity index (χ1n) is 3.94. The zero-order chi connectivity index (χ0) is 10.9. The van der Waals surface area contributed by atoms with E-state index in [9.17, 15) is 13.2 Å². The lowest BCUT2D eigenvalue weighted by molar-refractivity contribution is -0.0258.